The smallest absolute Gasteiger partial charge is 0.272 e. The summed E-state index contributed by atoms with van der Waals surface area (Å²) < 4.78 is 0. The van der Waals surface area contributed by atoms with Crippen molar-refractivity contribution in [3.63, 3.8) is 0 Å². The van der Waals surface area contributed by atoms with Gasteiger partial charge in [-0.25, -0.2) is 0 Å². The molecule has 0 bridgehead atoms. The molecule has 2 fully saturated rings. The number of amides is 1. The normalized spacial score (nSPS) is 27.1. The maximum Gasteiger partial charge on any atom is 0.272 e. The van der Waals surface area contributed by atoms with Crippen molar-refractivity contribution in [2.24, 2.45) is 0 Å². The second-order valence-electron chi connectivity index (χ2n) is 4.96. The van der Waals surface area contributed by atoms with E-state index in [2.05, 4.69) is 20.4 Å². The van der Waals surface area contributed by atoms with Gasteiger partial charge in [0.05, 0.1) is 0 Å². The summed E-state index contributed by atoms with van der Waals surface area (Å²) in [6.07, 6.45) is 3.44. The van der Waals surface area contributed by atoms with Crippen LogP contribution in [0.25, 0.3) is 0 Å². The fourth-order valence-electron chi connectivity index (χ4n) is 2.96. The Morgan fingerprint density at radius 3 is 3.00 bits per heavy atom. The highest BCUT2D eigenvalue weighted by molar-refractivity contribution is 5.92. The van der Waals surface area contributed by atoms with E-state index < -0.39 is 0 Å². The quantitative estimate of drug-likeness (QED) is 0.770. The number of carbonyl (C=O) groups excluding carboxylic acids is 1. The molecular formula is C12H17N5O. The minimum atomic E-state index is -0.152. The molecule has 2 aliphatic rings. The molecule has 0 radical (unpaired) electrons. The number of nitrogens with one attached hydrogen (secondary N) is 1. The molecular weight excluding hydrogens is 230 g/mol. The van der Waals surface area contributed by atoms with E-state index in [-0.39, 0.29) is 11.9 Å². The number of nitrogen functional groups attached to an aromatic ring is 1. The Balaban J connectivity index is 1.66. The van der Waals surface area contributed by atoms with Crippen LogP contribution in [-0.4, -0.2) is 46.2 Å². The monoisotopic (exact) mass is 247 g/mol. The van der Waals surface area contributed by atoms with E-state index in [1.807, 2.05) is 0 Å². The molecule has 2 unspecified atom stereocenters. The molecule has 1 aromatic heterocycles. The summed E-state index contributed by atoms with van der Waals surface area (Å²) in [6, 6.07) is 3.97. The summed E-state index contributed by atoms with van der Waals surface area (Å²) in [7, 11) is 0. The number of rotatable bonds is 2. The van der Waals surface area contributed by atoms with E-state index in [9.17, 15) is 4.79 Å². The van der Waals surface area contributed by atoms with E-state index >= 15 is 0 Å². The van der Waals surface area contributed by atoms with Crippen LogP contribution in [0.5, 0.6) is 0 Å². The van der Waals surface area contributed by atoms with Crippen LogP contribution in [0, 0.1) is 0 Å². The summed E-state index contributed by atoms with van der Waals surface area (Å²) in [5.41, 5.74) is 5.78. The van der Waals surface area contributed by atoms with Crippen LogP contribution in [0.15, 0.2) is 12.1 Å². The summed E-state index contributed by atoms with van der Waals surface area (Å²) in [5, 5.41) is 10.6. The summed E-state index contributed by atoms with van der Waals surface area (Å²) in [5.74, 6) is 0.177. The van der Waals surface area contributed by atoms with E-state index in [1.165, 1.54) is 19.4 Å². The van der Waals surface area contributed by atoms with Gasteiger partial charge in [0, 0.05) is 18.6 Å². The Morgan fingerprint density at radius 2 is 2.22 bits per heavy atom. The molecule has 1 aromatic rings. The predicted octanol–water partition coefficient (Wildman–Crippen LogP) is 0.0253. The lowest BCUT2D eigenvalue weighted by Crippen LogP contribution is -2.42. The first-order valence-corrected chi connectivity index (χ1v) is 6.38. The fourth-order valence-corrected chi connectivity index (χ4v) is 2.96. The standard InChI is InChI=1S/C12H17N5O/c13-11-4-3-9(15-16-11)12(18)14-8-5-7-17-6-1-2-10(8)17/h3-4,8,10H,1-2,5-7H2,(H2,13,16)(H,14,18). The van der Waals surface area contributed by atoms with Crippen molar-refractivity contribution < 1.29 is 4.79 Å². The van der Waals surface area contributed by atoms with Crippen molar-refractivity contribution in [2.45, 2.75) is 31.3 Å². The number of carbonyl (C=O) groups is 1. The van der Waals surface area contributed by atoms with Gasteiger partial charge in [-0.3, -0.25) is 9.69 Å². The molecule has 96 valence electrons. The highest BCUT2D eigenvalue weighted by Crippen LogP contribution is 2.27. The van der Waals surface area contributed by atoms with Gasteiger partial charge in [-0.15, -0.1) is 10.2 Å². The van der Waals surface area contributed by atoms with Crippen molar-refractivity contribution in [2.75, 3.05) is 18.8 Å². The Bertz CT molecular complexity index is 446. The minimum absolute atomic E-state index is 0.152. The van der Waals surface area contributed by atoms with Crippen molar-refractivity contribution in [1.82, 2.24) is 20.4 Å². The van der Waals surface area contributed by atoms with Gasteiger partial charge < -0.3 is 11.1 Å². The third-order valence-corrected chi connectivity index (χ3v) is 3.84. The van der Waals surface area contributed by atoms with Crippen molar-refractivity contribution in [3.8, 4) is 0 Å². The van der Waals surface area contributed by atoms with E-state index in [0.717, 1.165) is 13.0 Å². The number of nitrogens with zero attached hydrogens (tertiary/aromatic N) is 3. The zero-order valence-corrected chi connectivity index (χ0v) is 10.2. The SMILES string of the molecule is Nc1ccc(C(=O)NC2CCN3CCCC23)nn1. The van der Waals surface area contributed by atoms with Crippen LogP contribution in [0.2, 0.25) is 0 Å². The van der Waals surface area contributed by atoms with Gasteiger partial charge in [0.2, 0.25) is 0 Å². The molecule has 3 heterocycles. The number of anilines is 1. The molecule has 18 heavy (non-hydrogen) atoms. The molecule has 2 atom stereocenters. The Kier molecular flexibility index (Phi) is 2.87. The average Bonchev–Trinajstić information content (AvgIpc) is 2.95. The first-order valence-electron chi connectivity index (χ1n) is 6.38. The first kappa shape index (κ1) is 11.4. The fraction of sp³-hybridized carbons (Fsp3) is 0.583. The molecule has 2 saturated heterocycles. The molecule has 2 aliphatic heterocycles. The van der Waals surface area contributed by atoms with E-state index in [4.69, 9.17) is 5.73 Å². The van der Waals surface area contributed by atoms with Crippen molar-refractivity contribution in [1.29, 1.82) is 0 Å². The van der Waals surface area contributed by atoms with Gasteiger partial charge in [0.25, 0.3) is 5.91 Å². The number of hydrogen-bond acceptors (Lipinski definition) is 5. The summed E-state index contributed by atoms with van der Waals surface area (Å²) >= 11 is 0. The van der Waals surface area contributed by atoms with Gasteiger partial charge in [0.15, 0.2) is 5.69 Å². The lowest BCUT2D eigenvalue weighted by Gasteiger charge is -2.20. The Labute approximate surface area is 106 Å². The maximum atomic E-state index is 12.0. The first-order chi connectivity index (χ1) is 8.74. The second-order valence-corrected chi connectivity index (χ2v) is 4.96. The third kappa shape index (κ3) is 2.03. The summed E-state index contributed by atoms with van der Waals surface area (Å²) in [6.45, 7) is 2.25. The zero-order chi connectivity index (χ0) is 12.5. The molecule has 0 aliphatic carbocycles. The molecule has 3 N–H and O–H groups in total. The van der Waals surface area contributed by atoms with Crippen LogP contribution >= 0.6 is 0 Å². The van der Waals surface area contributed by atoms with Crippen LogP contribution in [0.1, 0.15) is 29.8 Å². The highest BCUT2D eigenvalue weighted by Gasteiger charge is 2.37. The second kappa shape index (κ2) is 4.53. The topological polar surface area (TPSA) is 84.1 Å². The van der Waals surface area contributed by atoms with Crippen LogP contribution in [0.3, 0.4) is 0 Å². The number of aromatic nitrogens is 2. The molecule has 6 nitrogen and oxygen atoms in total. The number of nitrogens with two attached hydrogens (primary N) is 1. The predicted molar refractivity (Wildman–Crippen MR) is 66.9 cm³/mol. The number of fused-ring (bicyclic) bond motifs is 1. The highest BCUT2D eigenvalue weighted by atomic mass is 16.2. The van der Waals surface area contributed by atoms with Gasteiger partial charge in [0.1, 0.15) is 5.82 Å². The van der Waals surface area contributed by atoms with Gasteiger partial charge in [-0.2, -0.15) is 0 Å². The maximum absolute atomic E-state index is 12.0. The van der Waals surface area contributed by atoms with Crippen molar-refractivity contribution in [3.05, 3.63) is 17.8 Å². The molecule has 0 saturated carbocycles. The third-order valence-electron chi connectivity index (χ3n) is 3.84. The van der Waals surface area contributed by atoms with Crippen molar-refractivity contribution >= 4 is 11.7 Å². The average molecular weight is 247 g/mol. The largest absolute Gasteiger partial charge is 0.382 e. The van der Waals surface area contributed by atoms with Gasteiger partial charge in [-0.05, 0) is 37.9 Å². The van der Waals surface area contributed by atoms with E-state index in [1.54, 1.807) is 12.1 Å². The van der Waals surface area contributed by atoms with Gasteiger partial charge >= 0.3 is 0 Å². The minimum Gasteiger partial charge on any atom is -0.382 e. The number of hydrogen-bond donors (Lipinski definition) is 2. The molecule has 1 amide bonds. The van der Waals surface area contributed by atoms with Crippen LogP contribution < -0.4 is 11.1 Å². The Morgan fingerprint density at radius 1 is 1.33 bits per heavy atom. The van der Waals surface area contributed by atoms with Crippen LogP contribution in [-0.2, 0) is 0 Å². The molecule has 0 spiro atoms. The molecule has 3 rings (SSSR count). The van der Waals surface area contributed by atoms with E-state index in [0.29, 0.717) is 17.6 Å². The summed E-state index contributed by atoms with van der Waals surface area (Å²) in [4.78, 5) is 14.5. The molecule has 6 heteroatoms. The zero-order valence-electron chi connectivity index (χ0n) is 10.2. The van der Waals surface area contributed by atoms with Crippen LogP contribution in [0.4, 0.5) is 5.82 Å². The molecule has 0 aromatic carbocycles. The van der Waals surface area contributed by atoms with Gasteiger partial charge in [-0.1, -0.05) is 0 Å². The Hall–Kier alpha value is -1.69. The lowest BCUT2D eigenvalue weighted by molar-refractivity contribution is 0.0923. The lowest BCUT2D eigenvalue weighted by atomic mass is 10.1.